The maximum absolute atomic E-state index is 10.6. The predicted molar refractivity (Wildman–Crippen MR) is 49.6 cm³/mol. The summed E-state index contributed by atoms with van der Waals surface area (Å²) >= 11 is 0.993. The van der Waals surface area contributed by atoms with Gasteiger partial charge in [0, 0.05) is 5.38 Å². The van der Waals surface area contributed by atoms with Gasteiger partial charge in [-0.25, -0.2) is 0 Å². The highest BCUT2D eigenvalue weighted by atomic mass is 32.1. The van der Waals surface area contributed by atoms with E-state index >= 15 is 0 Å². The number of oxime groups is 1. The van der Waals surface area contributed by atoms with Gasteiger partial charge in [0.25, 0.3) is 0 Å². The molecule has 1 heterocycles. The van der Waals surface area contributed by atoms with Crippen molar-refractivity contribution < 1.29 is 14.8 Å². The minimum Gasteiger partial charge on any atom is -0.425 e. The molecule has 0 aliphatic rings. The molecule has 1 aromatic rings. The number of hydrogen-bond donors (Lipinski definition) is 2. The van der Waals surface area contributed by atoms with Crippen LogP contribution in [0.4, 0.5) is 0 Å². The first-order valence-electron chi connectivity index (χ1n) is 3.80. The minimum atomic E-state index is -0.0777. The van der Waals surface area contributed by atoms with E-state index in [4.69, 9.17) is 5.41 Å². The van der Waals surface area contributed by atoms with Crippen molar-refractivity contribution in [3.63, 3.8) is 0 Å². The Morgan fingerprint density at radius 2 is 2.64 bits per heavy atom. The summed E-state index contributed by atoms with van der Waals surface area (Å²) in [6, 6.07) is 0. The normalized spacial score (nSPS) is 11.4. The fraction of sp³-hybridized carbons (Fsp3) is 0.286. The highest BCUT2D eigenvalue weighted by Crippen LogP contribution is 2.00. The lowest BCUT2D eigenvalue weighted by Crippen LogP contribution is -2.17. The highest BCUT2D eigenvalue weighted by molar-refractivity contribution is 7.07. The molecule has 0 aromatic carbocycles. The maximum atomic E-state index is 10.6. The van der Waals surface area contributed by atoms with E-state index in [-0.39, 0.29) is 16.2 Å². The molecule has 0 spiro atoms. The molecule has 0 bridgehead atoms. The number of carbonyl (C=O) groups is 1. The Morgan fingerprint density at radius 3 is 3.07 bits per heavy atom. The second kappa shape index (κ2) is 4.56. The largest absolute Gasteiger partial charge is 0.425 e. The van der Waals surface area contributed by atoms with Gasteiger partial charge in [0.1, 0.15) is 12.3 Å². The molecule has 0 saturated heterocycles. The lowest BCUT2D eigenvalue weighted by atomic mass is 10.3. The quantitative estimate of drug-likeness (QED) is 0.325. The lowest BCUT2D eigenvalue weighted by molar-refractivity contribution is -0.102. The van der Waals surface area contributed by atoms with Crippen molar-refractivity contribution in [2.75, 3.05) is 6.61 Å². The summed E-state index contributed by atoms with van der Waals surface area (Å²) in [5, 5.41) is 21.4. The molecule has 0 aliphatic heterocycles. The minimum absolute atomic E-state index is 0.0379. The van der Waals surface area contributed by atoms with E-state index in [1.54, 1.807) is 6.92 Å². The van der Waals surface area contributed by atoms with Gasteiger partial charge in [-0.15, -0.1) is 11.3 Å². The number of aromatic nitrogens is 1. The van der Waals surface area contributed by atoms with E-state index in [0.29, 0.717) is 17.6 Å². The molecule has 0 saturated carbocycles. The standard InChI is InChI=1S/C7H9N3O3S/c1-2-13-9-5(3-11)6-4-14-7(8)10(6)12/h3-4,8,12H,2H2,1H3. The van der Waals surface area contributed by atoms with Gasteiger partial charge >= 0.3 is 0 Å². The molecule has 1 rings (SSSR count). The van der Waals surface area contributed by atoms with Crippen molar-refractivity contribution in [2.24, 2.45) is 5.16 Å². The molecule has 0 radical (unpaired) electrons. The number of thiazole rings is 1. The molecule has 0 atom stereocenters. The van der Waals surface area contributed by atoms with E-state index in [1.165, 1.54) is 5.38 Å². The van der Waals surface area contributed by atoms with Crippen molar-refractivity contribution in [2.45, 2.75) is 6.92 Å². The number of hydrogen-bond acceptors (Lipinski definition) is 6. The maximum Gasteiger partial charge on any atom is 0.216 e. The summed E-state index contributed by atoms with van der Waals surface area (Å²) in [6.45, 7) is 2.06. The topological polar surface area (TPSA) is 87.7 Å². The third-order valence-electron chi connectivity index (χ3n) is 1.37. The van der Waals surface area contributed by atoms with Crippen LogP contribution in [-0.4, -0.2) is 28.5 Å². The van der Waals surface area contributed by atoms with Crippen molar-refractivity contribution >= 4 is 23.3 Å². The van der Waals surface area contributed by atoms with Crippen molar-refractivity contribution in [3.8, 4) is 0 Å². The Morgan fingerprint density at radius 1 is 1.93 bits per heavy atom. The van der Waals surface area contributed by atoms with Gasteiger partial charge in [-0.05, 0) is 6.92 Å². The number of rotatable bonds is 4. The molecule has 0 amide bonds. The van der Waals surface area contributed by atoms with Crippen LogP contribution in [0, 0.1) is 5.41 Å². The van der Waals surface area contributed by atoms with Crippen LogP contribution in [0.2, 0.25) is 0 Å². The van der Waals surface area contributed by atoms with Crippen molar-refractivity contribution in [1.82, 2.24) is 4.73 Å². The molecule has 0 fully saturated rings. The molecular formula is C7H9N3O3S. The van der Waals surface area contributed by atoms with Crippen LogP contribution in [0.1, 0.15) is 12.6 Å². The zero-order valence-corrected chi connectivity index (χ0v) is 8.24. The Bertz CT molecular complexity index is 407. The summed E-state index contributed by atoms with van der Waals surface area (Å²) in [5.74, 6) is 0. The van der Waals surface area contributed by atoms with Crippen molar-refractivity contribution in [3.05, 3.63) is 15.9 Å². The number of nitrogens with one attached hydrogen (secondary N) is 1. The summed E-state index contributed by atoms with van der Waals surface area (Å²) in [5.41, 5.74) is 0.118. The van der Waals surface area contributed by atoms with E-state index in [2.05, 4.69) is 9.99 Å². The molecule has 2 N–H and O–H groups in total. The summed E-state index contributed by atoms with van der Waals surface area (Å²) < 4.78 is 0.580. The molecule has 76 valence electrons. The van der Waals surface area contributed by atoms with Gasteiger partial charge in [-0.3, -0.25) is 10.2 Å². The molecule has 0 aliphatic carbocycles. The molecule has 6 nitrogen and oxygen atoms in total. The van der Waals surface area contributed by atoms with Gasteiger partial charge < -0.3 is 10.0 Å². The van der Waals surface area contributed by atoms with E-state index in [0.717, 1.165) is 11.3 Å². The van der Waals surface area contributed by atoms with Crippen molar-refractivity contribution in [1.29, 1.82) is 5.41 Å². The predicted octanol–water partition coefficient (Wildman–Crippen LogP) is 0.206. The van der Waals surface area contributed by atoms with Crippen LogP contribution in [0.3, 0.4) is 0 Å². The van der Waals surface area contributed by atoms with E-state index in [1.807, 2.05) is 0 Å². The molecule has 7 heteroatoms. The van der Waals surface area contributed by atoms with Crippen LogP contribution in [0.15, 0.2) is 10.5 Å². The fourth-order valence-electron chi connectivity index (χ4n) is 0.752. The molecule has 1 aromatic heterocycles. The molecule has 14 heavy (non-hydrogen) atoms. The number of nitrogens with zero attached hydrogens (tertiary/aromatic N) is 2. The zero-order valence-electron chi connectivity index (χ0n) is 7.43. The molecular weight excluding hydrogens is 206 g/mol. The van der Waals surface area contributed by atoms with E-state index < -0.39 is 0 Å². The average molecular weight is 215 g/mol. The van der Waals surface area contributed by atoms with Gasteiger partial charge in [-0.2, -0.15) is 4.73 Å². The van der Waals surface area contributed by atoms with Gasteiger partial charge in [0.15, 0.2) is 12.0 Å². The average Bonchev–Trinajstić information content (AvgIpc) is 2.51. The Labute approximate surface area is 83.5 Å². The van der Waals surface area contributed by atoms with Crippen LogP contribution in [0.25, 0.3) is 0 Å². The summed E-state index contributed by atoms with van der Waals surface area (Å²) in [4.78, 5) is 15.2. The van der Waals surface area contributed by atoms with Crippen LogP contribution >= 0.6 is 11.3 Å². The first-order chi connectivity index (χ1) is 6.70. The first-order valence-corrected chi connectivity index (χ1v) is 4.68. The fourth-order valence-corrected chi connectivity index (χ4v) is 1.39. The summed E-state index contributed by atoms with van der Waals surface area (Å²) in [7, 11) is 0. The SMILES string of the molecule is CCON=C(C=O)c1csc(=N)n1O. The summed E-state index contributed by atoms with van der Waals surface area (Å²) in [6.07, 6.45) is 0.462. The Hall–Kier alpha value is -1.63. The Kier molecular flexibility index (Phi) is 3.41. The van der Waals surface area contributed by atoms with Gasteiger partial charge in [0.2, 0.25) is 4.80 Å². The number of aldehydes is 1. The lowest BCUT2D eigenvalue weighted by Gasteiger charge is -1.98. The Balaban J connectivity index is 3.07. The first kappa shape index (κ1) is 10.5. The van der Waals surface area contributed by atoms with Gasteiger partial charge in [-0.1, -0.05) is 5.16 Å². The third-order valence-corrected chi connectivity index (χ3v) is 2.11. The van der Waals surface area contributed by atoms with Gasteiger partial charge in [0.05, 0.1) is 0 Å². The van der Waals surface area contributed by atoms with Crippen LogP contribution in [-0.2, 0) is 9.63 Å². The second-order valence-electron chi connectivity index (χ2n) is 2.25. The van der Waals surface area contributed by atoms with E-state index in [9.17, 15) is 10.0 Å². The number of carbonyl (C=O) groups excluding carboxylic acids is 1. The third kappa shape index (κ3) is 1.99. The second-order valence-corrected chi connectivity index (χ2v) is 3.11. The van der Waals surface area contributed by atoms with Crippen LogP contribution < -0.4 is 4.80 Å². The smallest absolute Gasteiger partial charge is 0.216 e. The zero-order chi connectivity index (χ0) is 10.6. The monoisotopic (exact) mass is 215 g/mol. The van der Waals surface area contributed by atoms with Crippen LogP contribution in [0.5, 0.6) is 0 Å². The highest BCUT2D eigenvalue weighted by Gasteiger charge is 2.10. The molecule has 0 unspecified atom stereocenters.